The molecule has 0 spiro atoms. The van der Waals surface area contributed by atoms with Crippen LogP contribution in [0.15, 0.2) is 47.8 Å². The fourth-order valence-corrected chi connectivity index (χ4v) is 3.04. The summed E-state index contributed by atoms with van der Waals surface area (Å²) in [5.74, 6) is 0.625. The third-order valence-electron chi connectivity index (χ3n) is 3.70. The Bertz CT molecular complexity index is 907. The van der Waals surface area contributed by atoms with Crippen LogP contribution in [0.1, 0.15) is 10.6 Å². The highest BCUT2D eigenvalue weighted by molar-refractivity contribution is 7.09. The molecule has 3 N–H and O–H groups in total. The number of nitrogens with two attached hydrogens (primary N) is 1. The number of hydrogen-bond donors (Lipinski definition) is 2. The molecular formula is C19H19N3O3S. The summed E-state index contributed by atoms with van der Waals surface area (Å²) in [6.07, 6.45) is -0.515. The highest BCUT2D eigenvalue weighted by Gasteiger charge is 2.10. The van der Waals surface area contributed by atoms with E-state index < -0.39 is 6.09 Å². The zero-order valence-corrected chi connectivity index (χ0v) is 15.3. The second kappa shape index (κ2) is 7.88. The number of aryl methyl sites for hydroxylation is 1. The van der Waals surface area contributed by atoms with Crippen LogP contribution in [0.25, 0.3) is 11.3 Å². The van der Waals surface area contributed by atoms with E-state index >= 15 is 0 Å². The Hall–Kier alpha value is -3.06. The summed E-state index contributed by atoms with van der Waals surface area (Å²) in [6.45, 7) is 2.09. The van der Waals surface area contributed by atoms with Gasteiger partial charge in [0, 0.05) is 16.6 Å². The lowest BCUT2D eigenvalue weighted by Gasteiger charge is -2.06. The minimum atomic E-state index is -0.515. The molecule has 0 fully saturated rings. The van der Waals surface area contributed by atoms with Crippen molar-refractivity contribution in [2.24, 2.45) is 0 Å². The number of amides is 1. The van der Waals surface area contributed by atoms with Gasteiger partial charge in [0.25, 0.3) is 0 Å². The Morgan fingerprint density at radius 3 is 2.69 bits per heavy atom. The van der Waals surface area contributed by atoms with Crippen molar-refractivity contribution >= 4 is 28.8 Å². The van der Waals surface area contributed by atoms with Crippen molar-refractivity contribution in [3.05, 3.63) is 58.4 Å². The maximum Gasteiger partial charge on any atom is 0.412 e. The molecule has 7 heteroatoms. The maximum absolute atomic E-state index is 11.9. The van der Waals surface area contributed by atoms with E-state index in [1.807, 2.05) is 48.7 Å². The van der Waals surface area contributed by atoms with Crippen molar-refractivity contribution in [1.29, 1.82) is 0 Å². The number of carbonyl (C=O) groups is 1. The molecule has 3 aromatic rings. The third-order valence-corrected chi connectivity index (χ3v) is 4.52. The summed E-state index contributed by atoms with van der Waals surface area (Å²) in [4.78, 5) is 16.4. The molecule has 0 aliphatic heterocycles. The minimum absolute atomic E-state index is 0.105. The van der Waals surface area contributed by atoms with Gasteiger partial charge in [0.1, 0.15) is 17.4 Å². The zero-order chi connectivity index (χ0) is 18.5. The summed E-state index contributed by atoms with van der Waals surface area (Å²) in [5.41, 5.74) is 9.96. The van der Waals surface area contributed by atoms with Gasteiger partial charge in [-0.3, -0.25) is 5.32 Å². The first-order valence-electron chi connectivity index (χ1n) is 7.94. The fraction of sp³-hybridized carbons (Fsp3) is 0.158. The number of ether oxygens (including phenoxy) is 2. The molecule has 0 aliphatic rings. The van der Waals surface area contributed by atoms with E-state index in [9.17, 15) is 4.79 Å². The highest BCUT2D eigenvalue weighted by atomic mass is 32.1. The standard InChI is InChI=1S/C19H19N3O3S/c1-12-3-6-14(7-4-12)21-19(23)25-10-18-22-16(11-26-18)13-5-8-17(24-2)15(20)9-13/h3-9,11H,10,20H2,1-2H3,(H,21,23). The number of rotatable bonds is 5. The molecule has 2 aromatic carbocycles. The number of nitrogens with zero attached hydrogens (tertiary/aromatic N) is 1. The Morgan fingerprint density at radius 1 is 1.23 bits per heavy atom. The van der Waals surface area contributed by atoms with Gasteiger partial charge in [-0.05, 0) is 37.3 Å². The number of thiazole rings is 1. The van der Waals surface area contributed by atoms with Gasteiger partial charge in [0.05, 0.1) is 18.5 Å². The molecule has 0 aliphatic carbocycles. The monoisotopic (exact) mass is 369 g/mol. The lowest BCUT2D eigenvalue weighted by atomic mass is 10.1. The average Bonchev–Trinajstić information content (AvgIpc) is 3.11. The molecule has 26 heavy (non-hydrogen) atoms. The van der Waals surface area contributed by atoms with Crippen LogP contribution in [0.3, 0.4) is 0 Å². The van der Waals surface area contributed by atoms with Gasteiger partial charge in [0.15, 0.2) is 0 Å². The molecule has 1 aromatic heterocycles. The average molecular weight is 369 g/mol. The molecule has 0 unspecified atom stereocenters. The molecule has 134 valence electrons. The van der Waals surface area contributed by atoms with Gasteiger partial charge in [-0.2, -0.15) is 0 Å². The Balaban J connectivity index is 1.59. The van der Waals surface area contributed by atoms with Crippen molar-refractivity contribution < 1.29 is 14.3 Å². The number of hydrogen-bond acceptors (Lipinski definition) is 6. The predicted molar refractivity (Wildman–Crippen MR) is 104 cm³/mol. The fourth-order valence-electron chi connectivity index (χ4n) is 2.32. The smallest absolute Gasteiger partial charge is 0.412 e. The van der Waals surface area contributed by atoms with E-state index in [0.29, 0.717) is 22.1 Å². The lowest BCUT2D eigenvalue weighted by Crippen LogP contribution is -2.13. The van der Waals surface area contributed by atoms with E-state index in [2.05, 4.69) is 10.3 Å². The highest BCUT2D eigenvalue weighted by Crippen LogP contribution is 2.29. The number of carbonyl (C=O) groups excluding carboxylic acids is 1. The number of aromatic nitrogens is 1. The van der Waals surface area contributed by atoms with Gasteiger partial charge < -0.3 is 15.2 Å². The summed E-state index contributed by atoms with van der Waals surface area (Å²) in [5, 5.41) is 5.29. The normalized spacial score (nSPS) is 10.4. The third kappa shape index (κ3) is 4.31. The molecule has 0 radical (unpaired) electrons. The van der Waals surface area contributed by atoms with Gasteiger partial charge in [-0.1, -0.05) is 17.7 Å². The van der Waals surface area contributed by atoms with Crippen LogP contribution < -0.4 is 15.8 Å². The molecule has 6 nitrogen and oxygen atoms in total. The SMILES string of the molecule is COc1ccc(-c2csc(COC(=O)Nc3ccc(C)cc3)n2)cc1N. The zero-order valence-electron chi connectivity index (χ0n) is 14.5. The van der Waals surface area contributed by atoms with Crippen LogP contribution >= 0.6 is 11.3 Å². The summed E-state index contributed by atoms with van der Waals surface area (Å²) >= 11 is 1.42. The molecule has 0 bridgehead atoms. The van der Waals surface area contributed by atoms with Crippen LogP contribution in [0, 0.1) is 6.92 Å². The van der Waals surface area contributed by atoms with Gasteiger partial charge in [0.2, 0.25) is 0 Å². The van der Waals surface area contributed by atoms with Crippen molar-refractivity contribution in [1.82, 2.24) is 4.98 Å². The molecule has 3 rings (SSSR count). The van der Waals surface area contributed by atoms with Crippen molar-refractivity contribution in [3.8, 4) is 17.0 Å². The first kappa shape index (κ1) is 17.8. The summed E-state index contributed by atoms with van der Waals surface area (Å²) in [7, 11) is 1.57. The van der Waals surface area contributed by atoms with Crippen LogP contribution in [-0.4, -0.2) is 18.2 Å². The Kier molecular flexibility index (Phi) is 5.38. The first-order chi connectivity index (χ1) is 12.5. The quantitative estimate of drug-likeness (QED) is 0.649. The topological polar surface area (TPSA) is 86.5 Å². The largest absolute Gasteiger partial charge is 0.495 e. The molecule has 0 saturated heterocycles. The number of nitrogen functional groups attached to an aromatic ring is 1. The van der Waals surface area contributed by atoms with Crippen molar-refractivity contribution in [2.45, 2.75) is 13.5 Å². The van der Waals surface area contributed by atoms with Crippen molar-refractivity contribution in [2.75, 3.05) is 18.2 Å². The van der Waals surface area contributed by atoms with Gasteiger partial charge in [-0.25, -0.2) is 9.78 Å². The van der Waals surface area contributed by atoms with Gasteiger partial charge >= 0.3 is 6.09 Å². The second-order valence-corrected chi connectivity index (χ2v) is 6.59. The number of benzene rings is 2. The van der Waals surface area contributed by atoms with E-state index in [0.717, 1.165) is 16.8 Å². The maximum atomic E-state index is 11.9. The molecule has 1 amide bonds. The first-order valence-corrected chi connectivity index (χ1v) is 8.82. The van der Waals surface area contributed by atoms with E-state index in [4.69, 9.17) is 15.2 Å². The van der Waals surface area contributed by atoms with E-state index in [1.165, 1.54) is 11.3 Å². The predicted octanol–water partition coefficient (Wildman–Crippen LogP) is 4.46. The van der Waals surface area contributed by atoms with Gasteiger partial charge in [-0.15, -0.1) is 11.3 Å². The van der Waals surface area contributed by atoms with Crippen LogP contribution in [-0.2, 0) is 11.3 Å². The number of nitrogens with one attached hydrogen (secondary N) is 1. The molecule has 0 saturated carbocycles. The van der Waals surface area contributed by atoms with Crippen LogP contribution in [0.5, 0.6) is 5.75 Å². The molecule has 0 atom stereocenters. The van der Waals surface area contributed by atoms with Crippen LogP contribution in [0.2, 0.25) is 0 Å². The number of anilines is 2. The Labute approximate surface area is 155 Å². The van der Waals surface area contributed by atoms with E-state index in [1.54, 1.807) is 13.2 Å². The van der Waals surface area contributed by atoms with Crippen LogP contribution in [0.4, 0.5) is 16.2 Å². The van der Waals surface area contributed by atoms with Crippen molar-refractivity contribution in [3.63, 3.8) is 0 Å². The molecular weight excluding hydrogens is 350 g/mol. The van der Waals surface area contributed by atoms with E-state index in [-0.39, 0.29) is 6.61 Å². The summed E-state index contributed by atoms with van der Waals surface area (Å²) < 4.78 is 10.4. The Morgan fingerprint density at radius 2 is 2.00 bits per heavy atom. The minimum Gasteiger partial charge on any atom is -0.495 e. The lowest BCUT2D eigenvalue weighted by molar-refractivity contribution is 0.155. The second-order valence-electron chi connectivity index (χ2n) is 5.65. The number of methoxy groups -OCH3 is 1. The molecule has 1 heterocycles. The summed E-state index contributed by atoms with van der Waals surface area (Å²) in [6, 6.07) is 13.0.